The van der Waals surface area contributed by atoms with E-state index >= 15 is 0 Å². The van der Waals surface area contributed by atoms with Crippen LogP contribution in [0.4, 0.5) is 10.5 Å². The first kappa shape index (κ1) is 14.8. The van der Waals surface area contributed by atoms with Crippen molar-refractivity contribution in [3.8, 4) is 0 Å². The molecule has 0 aliphatic carbocycles. The van der Waals surface area contributed by atoms with Crippen LogP contribution in [0, 0.1) is 0 Å². The van der Waals surface area contributed by atoms with Crippen LogP contribution in [-0.4, -0.2) is 18.2 Å². The minimum atomic E-state index is -0.487. The zero-order valence-electron chi connectivity index (χ0n) is 10.8. The number of halogens is 1. The number of carbonyl (C=O) groups is 1. The maximum atomic E-state index is 12.0. The van der Waals surface area contributed by atoms with E-state index in [0.717, 1.165) is 11.3 Å². The van der Waals surface area contributed by atoms with Crippen LogP contribution in [0.3, 0.4) is 0 Å². The summed E-state index contributed by atoms with van der Waals surface area (Å²) in [5.74, 6) is 0. The lowest BCUT2D eigenvalue weighted by molar-refractivity contribution is 0.0582. The second-order valence-corrected chi connectivity index (χ2v) is 5.26. The van der Waals surface area contributed by atoms with Gasteiger partial charge in [-0.25, -0.2) is 4.79 Å². The molecule has 1 aromatic carbocycles. The van der Waals surface area contributed by atoms with Crippen LogP contribution in [-0.2, 0) is 4.74 Å². The highest BCUT2D eigenvalue weighted by molar-refractivity contribution is 5.91. The molecule has 100 valence electrons. The second-order valence-electron chi connectivity index (χ2n) is 5.26. The Morgan fingerprint density at radius 1 is 1.39 bits per heavy atom. The second kappa shape index (κ2) is 5.16. The zero-order valence-corrected chi connectivity index (χ0v) is 11.7. The molecule has 1 atom stereocenters. The highest BCUT2D eigenvalue weighted by atomic mass is 35.5. The van der Waals surface area contributed by atoms with Gasteiger partial charge < -0.3 is 10.5 Å². The lowest BCUT2D eigenvalue weighted by Gasteiger charge is -2.24. The van der Waals surface area contributed by atoms with Gasteiger partial charge in [-0.1, -0.05) is 18.2 Å². The summed E-state index contributed by atoms with van der Waals surface area (Å²) in [6.07, 6.45) is -0.335. The number of hydrogen-bond acceptors (Lipinski definition) is 3. The summed E-state index contributed by atoms with van der Waals surface area (Å²) in [7, 11) is 0. The summed E-state index contributed by atoms with van der Waals surface area (Å²) in [6.45, 7) is 6.04. The van der Waals surface area contributed by atoms with E-state index in [2.05, 4.69) is 0 Å². The van der Waals surface area contributed by atoms with Crippen LogP contribution < -0.4 is 10.6 Å². The van der Waals surface area contributed by atoms with Crippen molar-refractivity contribution in [3.05, 3.63) is 29.8 Å². The molecule has 0 saturated carbocycles. The number of amides is 1. The van der Waals surface area contributed by atoms with Crippen molar-refractivity contribution >= 4 is 24.2 Å². The van der Waals surface area contributed by atoms with Crippen LogP contribution in [0.25, 0.3) is 0 Å². The van der Waals surface area contributed by atoms with E-state index in [-0.39, 0.29) is 24.5 Å². The summed E-state index contributed by atoms with van der Waals surface area (Å²) in [5, 5.41) is 0. The average Bonchev–Trinajstić information content (AvgIpc) is 2.55. The van der Waals surface area contributed by atoms with Crippen molar-refractivity contribution in [3.63, 3.8) is 0 Å². The Labute approximate surface area is 114 Å². The number of anilines is 1. The number of ether oxygens (including phenoxy) is 1. The first-order chi connectivity index (χ1) is 7.88. The summed E-state index contributed by atoms with van der Waals surface area (Å²) in [4.78, 5) is 13.6. The number of rotatable bonds is 0. The van der Waals surface area contributed by atoms with Crippen molar-refractivity contribution in [1.29, 1.82) is 0 Å². The third-order valence-electron chi connectivity index (χ3n) is 2.62. The molecule has 2 N–H and O–H groups in total. The van der Waals surface area contributed by atoms with Gasteiger partial charge in [0.25, 0.3) is 0 Å². The van der Waals surface area contributed by atoms with Crippen molar-refractivity contribution in [2.75, 3.05) is 11.4 Å². The van der Waals surface area contributed by atoms with Gasteiger partial charge >= 0.3 is 6.09 Å². The fourth-order valence-corrected chi connectivity index (χ4v) is 1.93. The predicted octanol–water partition coefficient (Wildman–Crippen LogP) is 2.86. The number of nitrogens with zero attached hydrogens (tertiary/aromatic N) is 1. The average molecular weight is 271 g/mol. The third-order valence-corrected chi connectivity index (χ3v) is 2.62. The SMILES string of the molecule is CC(C)(C)OC(=O)N1C[C@@H](N)c2ccccc21.Cl. The maximum Gasteiger partial charge on any atom is 0.414 e. The highest BCUT2D eigenvalue weighted by Gasteiger charge is 2.32. The molecule has 0 fully saturated rings. The zero-order chi connectivity index (χ0) is 12.6. The fraction of sp³-hybridized carbons (Fsp3) is 0.462. The van der Waals surface area contributed by atoms with Gasteiger partial charge in [0.1, 0.15) is 5.60 Å². The smallest absolute Gasteiger partial charge is 0.414 e. The minimum Gasteiger partial charge on any atom is -0.443 e. The first-order valence-corrected chi connectivity index (χ1v) is 5.73. The molecular formula is C13H19ClN2O2. The summed E-state index contributed by atoms with van der Waals surface area (Å²) >= 11 is 0. The molecule has 0 unspecified atom stereocenters. The molecule has 1 aliphatic rings. The molecule has 1 aromatic rings. The largest absolute Gasteiger partial charge is 0.443 e. The molecule has 0 aromatic heterocycles. The molecule has 1 amide bonds. The number of nitrogens with two attached hydrogens (primary N) is 1. The van der Waals surface area contributed by atoms with E-state index in [4.69, 9.17) is 10.5 Å². The van der Waals surface area contributed by atoms with Gasteiger partial charge in [0, 0.05) is 6.54 Å². The van der Waals surface area contributed by atoms with Gasteiger partial charge in [-0.3, -0.25) is 4.90 Å². The first-order valence-electron chi connectivity index (χ1n) is 5.73. The van der Waals surface area contributed by atoms with Crippen LogP contribution >= 0.6 is 12.4 Å². The fourth-order valence-electron chi connectivity index (χ4n) is 1.93. The molecular weight excluding hydrogens is 252 g/mol. The highest BCUT2D eigenvalue weighted by Crippen LogP contribution is 2.33. The van der Waals surface area contributed by atoms with Gasteiger partial charge in [-0.05, 0) is 32.4 Å². The number of fused-ring (bicyclic) bond motifs is 1. The molecule has 1 heterocycles. The van der Waals surface area contributed by atoms with Crippen LogP contribution in [0.1, 0.15) is 32.4 Å². The monoisotopic (exact) mass is 270 g/mol. The van der Waals surface area contributed by atoms with Gasteiger partial charge in [0.05, 0.1) is 11.7 Å². The summed E-state index contributed by atoms with van der Waals surface area (Å²) in [6, 6.07) is 7.54. The van der Waals surface area contributed by atoms with E-state index in [9.17, 15) is 4.79 Å². The van der Waals surface area contributed by atoms with Crippen LogP contribution in [0.5, 0.6) is 0 Å². The Morgan fingerprint density at radius 2 is 2.00 bits per heavy atom. The number of hydrogen-bond donors (Lipinski definition) is 1. The Morgan fingerprint density at radius 3 is 2.61 bits per heavy atom. The Bertz CT molecular complexity index is 443. The molecule has 1 aliphatic heterocycles. The molecule has 0 bridgehead atoms. The summed E-state index contributed by atoms with van der Waals surface area (Å²) < 4.78 is 5.36. The molecule has 4 nitrogen and oxygen atoms in total. The van der Waals surface area contributed by atoms with Gasteiger partial charge in [0.2, 0.25) is 0 Å². The van der Waals surface area contributed by atoms with E-state index in [1.807, 2.05) is 45.0 Å². The van der Waals surface area contributed by atoms with Crippen molar-refractivity contribution in [1.82, 2.24) is 0 Å². The van der Waals surface area contributed by atoms with Crippen molar-refractivity contribution < 1.29 is 9.53 Å². The third kappa shape index (κ3) is 2.94. The van der Waals surface area contributed by atoms with E-state index in [0.29, 0.717) is 6.54 Å². The van der Waals surface area contributed by atoms with Gasteiger partial charge in [0.15, 0.2) is 0 Å². The Kier molecular flexibility index (Phi) is 4.24. The molecule has 18 heavy (non-hydrogen) atoms. The Hall–Kier alpha value is -1.26. The summed E-state index contributed by atoms with van der Waals surface area (Å²) in [5.41, 5.74) is 7.36. The van der Waals surface area contributed by atoms with E-state index in [1.54, 1.807) is 4.90 Å². The van der Waals surface area contributed by atoms with E-state index < -0.39 is 5.60 Å². The number of carbonyl (C=O) groups excluding carboxylic acids is 1. The maximum absolute atomic E-state index is 12.0. The molecule has 0 radical (unpaired) electrons. The van der Waals surface area contributed by atoms with Crippen molar-refractivity contribution in [2.45, 2.75) is 32.4 Å². The lowest BCUT2D eigenvalue weighted by atomic mass is 10.1. The minimum absolute atomic E-state index is 0. The molecule has 0 spiro atoms. The standard InChI is InChI=1S/C13H18N2O2.ClH/c1-13(2,3)17-12(16)15-8-10(14)9-6-4-5-7-11(9)15;/h4-7,10H,8,14H2,1-3H3;1H/t10-;/m1./s1. The lowest BCUT2D eigenvalue weighted by Crippen LogP contribution is -2.36. The van der Waals surface area contributed by atoms with Crippen molar-refractivity contribution in [2.24, 2.45) is 5.73 Å². The van der Waals surface area contributed by atoms with Gasteiger partial charge in [-0.2, -0.15) is 0 Å². The Balaban J connectivity index is 0.00000162. The number of para-hydroxylation sites is 1. The van der Waals surface area contributed by atoms with E-state index in [1.165, 1.54) is 0 Å². The number of benzene rings is 1. The molecule has 5 heteroatoms. The van der Waals surface area contributed by atoms with Crippen LogP contribution in [0.15, 0.2) is 24.3 Å². The molecule has 0 saturated heterocycles. The normalized spacial score (nSPS) is 18.0. The van der Waals surface area contributed by atoms with Gasteiger partial charge in [-0.15, -0.1) is 12.4 Å². The predicted molar refractivity (Wildman–Crippen MR) is 74.2 cm³/mol. The van der Waals surface area contributed by atoms with Crippen LogP contribution in [0.2, 0.25) is 0 Å². The topological polar surface area (TPSA) is 55.6 Å². The quantitative estimate of drug-likeness (QED) is 0.789. The molecule has 2 rings (SSSR count).